The Kier molecular flexibility index (Phi) is 4.67. The molecule has 0 aromatic carbocycles. The second-order valence-corrected chi connectivity index (χ2v) is 6.04. The van der Waals surface area contributed by atoms with Gasteiger partial charge in [-0.25, -0.2) is 18.1 Å². The molecule has 0 saturated heterocycles. The molecule has 0 aliphatic rings. The van der Waals surface area contributed by atoms with E-state index in [1.165, 1.54) is 6.20 Å². The molecule has 98 valence electrons. The van der Waals surface area contributed by atoms with Crippen LogP contribution < -0.4 is 10.5 Å². The van der Waals surface area contributed by atoms with E-state index in [9.17, 15) is 8.42 Å². The standard InChI is InChI=1S/C10H20N4O2S/c1-4-9-12-6-10(14-9)17(15,16)13-5-8(11)7(2)3/h6-8,13H,4-5,11H2,1-3H3,(H,12,14). The van der Waals surface area contributed by atoms with E-state index in [0.29, 0.717) is 12.2 Å². The maximum absolute atomic E-state index is 11.9. The van der Waals surface area contributed by atoms with E-state index >= 15 is 0 Å². The molecule has 7 heteroatoms. The van der Waals surface area contributed by atoms with Crippen molar-refractivity contribution in [2.24, 2.45) is 11.7 Å². The highest BCUT2D eigenvalue weighted by molar-refractivity contribution is 7.89. The summed E-state index contributed by atoms with van der Waals surface area (Å²) in [6.45, 7) is 6.02. The van der Waals surface area contributed by atoms with Crippen molar-refractivity contribution in [3.63, 3.8) is 0 Å². The number of H-pyrrole nitrogens is 1. The highest BCUT2D eigenvalue weighted by Gasteiger charge is 2.18. The van der Waals surface area contributed by atoms with E-state index in [1.807, 2.05) is 20.8 Å². The Balaban J connectivity index is 2.69. The van der Waals surface area contributed by atoms with Crippen LogP contribution in [0.2, 0.25) is 0 Å². The summed E-state index contributed by atoms with van der Waals surface area (Å²) in [5, 5.41) is 0.0882. The van der Waals surface area contributed by atoms with Gasteiger partial charge in [0.1, 0.15) is 5.82 Å². The van der Waals surface area contributed by atoms with Crippen LogP contribution in [-0.4, -0.2) is 31.0 Å². The van der Waals surface area contributed by atoms with Crippen LogP contribution in [0.25, 0.3) is 0 Å². The van der Waals surface area contributed by atoms with Crippen LogP contribution >= 0.6 is 0 Å². The van der Waals surface area contributed by atoms with Crippen molar-refractivity contribution in [2.45, 2.75) is 38.3 Å². The van der Waals surface area contributed by atoms with Gasteiger partial charge in [0, 0.05) is 19.0 Å². The summed E-state index contributed by atoms with van der Waals surface area (Å²) in [4.78, 5) is 6.71. The number of nitrogens with one attached hydrogen (secondary N) is 2. The van der Waals surface area contributed by atoms with Crippen LogP contribution in [0.1, 0.15) is 26.6 Å². The van der Waals surface area contributed by atoms with Crippen LogP contribution in [0, 0.1) is 5.92 Å². The van der Waals surface area contributed by atoms with Crippen molar-refractivity contribution in [2.75, 3.05) is 6.54 Å². The fourth-order valence-corrected chi connectivity index (χ4v) is 2.19. The lowest BCUT2D eigenvalue weighted by atomic mass is 10.1. The summed E-state index contributed by atoms with van der Waals surface area (Å²) in [7, 11) is -3.53. The predicted molar refractivity (Wildman–Crippen MR) is 66.0 cm³/mol. The topological polar surface area (TPSA) is 101 Å². The van der Waals surface area contributed by atoms with Gasteiger partial charge in [-0.1, -0.05) is 20.8 Å². The van der Waals surface area contributed by atoms with Crippen LogP contribution in [0.5, 0.6) is 0 Å². The van der Waals surface area contributed by atoms with Gasteiger partial charge in [-0.05, 0) is 5.92 Å². The molecule has 6 nitrogen and oxygen atoms in total. The largest absolute Gasteiger partial charge is 0.332 e. The summed E-state index contributed by atoms with van der Waals surface area (Å²) in [6, 6.07) is -0.196. The zero-order valence-electron chi connectivity index (χ0n) is 10.4. The molecule has 0 radical (unpaired) electrons. The number of sulfonamides is 1. The minimum Gasteiger partial charge on any atom is -0.332 e. The third-order valence-electron chi connectivity index (χ3n) is 2.59. The second-order valence-electron chi connectivity index (χ2n) is 4.31. The number of aromatic amines is 1. The summed E-state index contributed by atoms with van der Waals surface area (Å²) in [5.41, 5.74) is 5.78. The van der Waals surface area contributed by atoms with Crippen molar-refractivity contribution in [3.05, 3.63) is 12.0 Å². The first kappa shape index (κ1) is 14.1. The predicted octanol–water partition coefficient (Wildman–Crippen LogP) is 0.234. The highest BCUT2D eigenvalue weighted by Crippen LogP contribution is 2.06. The summed E-state index contributed by atoms with van der Waals surface area (Å²) in [6.07, 6.45) is 1.99. The van der Waals surface area contributed by atoms with Gasteiger partial charge in [0.15, 0.2) is 5.03 Å². The number of aromatic nitrogens is 2. The fraction of sp³-hybridized carbons (Fsp3) is 0.700. The maximum Gasteiger partial charge on any atom is 0.257 e. The number of hydrogen-bond donors (Lipinski definition) is 3. The molecule has 0 spiro atoms. The molecule has 4 N–H and O–H groups in total. The van der Waals surface area contributed by atoms with Gasteiger partial charge in [-0.3, -0.25) is 0 Å². The molecule has 1 unspecified atom stereocenters. The van der Waals surface area contributed by atoms with E-state index in [1.54, 1.807) is 0 Å². The Morgan fingerprint density at radius 2 is 2.18 bits per heavy atom. The molecule has 0 aliphatic heterocycles. The van der Waals surface area contributed by atoms with Crippen molar-refractivity contribution in [3.8, 4) is 0 Å². The second kappa shape index (κ2) is 5.61. The average Bonchev–Trinajstić information content (AvgIpc) is 2.75. The summed E-state index contributed by atoms with van der Waals surface area (Å²) < 4.78 is 26.2. The third-order valence-corrected chi connectivity index (χ3v) is 3.93. The molecule has 1 atom stereocenters. The quantitative estimate of drug-likeness (QED) is 0.681. The zero-order chi connectivity index (χ0) is 13.1. The molecule has 1 rings (SSSR count). The number of rotatable bonds is 6. The third kappa shape index (κ3) is 3.79. The molecule has 0 fully saturated rings. The van der Waals surface area contributed by atoms with E-state index in [0.717, 1.165) is 0 Å². The first-order valence-corrected chi connectivity index (χ1v) is 7.14. The molecule has 0 saturated carbocycles. The van der Waals surface area contributed by atoms with Crippen LogP contribution in [0.3, 0.4) is 0 Å². The van der Waals surface area contributed by atoms with Gasteiger partial charge >= 0.3 is 0 Å². The van der Waals surface area contributed by atoms with E-state index in [-0.39, 0.29) is 23.5 Å². The maximum atomic E-state index is 11.9. The Labute approximate surface area is 102 Å². The van der Waals surface area contributed by atoms with Crippen LogP contribution in [-0.2, 0) is 16.4 Å². The number of aryl methyl sites for hydroxylation is 1. The average molecular weight is 260 g/mol. The van der Waals surface area contributed by atoms with Crippen LogP contribution in [0.15, 0.2) is 11.2 Å². The van der Waals surface area contributed by atoms with Crippen molar-refractivity contribution in [1.29, 1.82) is 0 Å². The highest BCUT2D eigenvalue weighted by atomic mass is 32.2. The Morgan fingerprint density at radius 1 is 1.53 bits per heavy atom. The number of nitrogens with zero attached hydrogens (tertiary/aromatic N) is 1. The molecular weight excluding hydrogens is 240 g/mol. The van der Waals surface area contributed by atoms with Gasteiger partial charge in [-0.2, -0.15) is 0 Å². The molecule has 0 amide bonds. The minimum atomic E-state index is -3.53. The molecular formula is C10H20N4O2S. The van der Waals surface area contributed by atoms with E-state index < -0.39 is 10.0 Å². The summed E-state index contributed by atoms with van der Waals surface area (Å²) >= 11 is 0. The SMILES string of the molecule is CCc1ncc(S(=O)(=O)NCC(N)C(C)C)[nH]1. The molecule has 0 aliphatic carbocycles. The van der Waals surface area contributed by atoms with Gasteiger partial charge in [0.2, 0.25) is 0 Å². The lowest BCUT2D eigenvalue weighted by molar-refractivity contribution is 0.481. The van der Waals surface area contributed by atoms with E-state index in [2.05, 4.69) is 14.7 Å². The molecule has 1 aromatic heterocycles. The summed E-state index contributed by atoms with van der Waals surface area (Å²) in [5.74, 6) is 0.879. The fourth-order valence-electron chi connectivity index (χ4n) is 1.18. The number of nitrogens with two attached hydrogens (primary N) is 1. The Morgan fingerprint density at radius 3 is 2.65 bits per heavy atom. The van der Waals surface area contributed by atoms with Crippen molar-refractivity contribution in [1.82, 2.24) is 14.7 Å². The smallest absolute Gasteiger partial charge is 0.257 e. The molecule has 0 bridgehead atoms. The van der Waals surface area contributed by atoms with Gasteiger partial charge in [0.25, 0.3) is 10.0 Å². The lowest BCUT2D eigenvalue weighted by Crippen LogP contribution is -2.40. The Bertz CT molecular complexity index is 453. The Hall–Kier alpha value is -0.920. The van der Waals surface area contributed by atoms with Gasteiger partial charge in [0.05, 0.1) is 6.20 Å². The normalized spacial score (nSPS) is 14.2. The molecule has 1 heterocycles. The van der Waals surface area contributed by atoms with Gasteiger partial charge in [-0.15, -0.1) is 0 Å². The first-order chi connectivity index (χ1) is 7.86. The minimum absolute atomic E-state index is 0.0882. The zero-order valence-corrected chi connectivity index (χ0v) is 11.2. The van der Waals surface area contributed by atoms with Gasteiger partial charge < -0.3 is 10.7 Å². The number of hydrogen-bond acceptors (Lipinski definition) is 4. The molecule has 1 aromatic rings. The monoisotopic (exact) mass is 260 g/mol. The first-order valence-electron chi connectivity index (χ1n) is 5.66. The van der Waals surface area contributed by atoms with Crippen molar-refractivity contribution < 1.29 is 8.42 Å². The number of imidazole rings is 1. The van der Waals surface area contributed by atoms with E-state index in [4.69, 9.17) is 5.73 Å². The molecule has 17 heavy (non-hydrogen) atoms. The van der Waals surface area contributed by atoms with Crippen molar-refractivity contribution >= 4 is 10.0 Å². The lowest BCUT2D eigenvalue weighted by Gasteiger charge is -2.15. The van der Waals surface area contributed by atoms with Crippen LogP contribution in [0.4, 0.5) is 0 Å².